The zero-order valence-corrected chi connectivity index (χ0v) is 19.5. The molecule has 1 heterocycles. The van der Waals surface area contributed by atoms with Crippen LogP contribution in [0.25, 0.3) is 10.8 Å². The first-order valence-corrected chi connectivity index (χ1v) is 11.4. The van der Waals surface area contributed by atoms with E-state index in [-0.39, 0.29) is 5.91 Å². The van der Waals surface area contributed by atoms with Gasteiger partial charge in [-0.2, -0.15) is 0 Å². The number of fused-ring (bicyclic) bond motifs is 1. The molecular weight excluding hydrogens is 434 g/mol. The second-order valence-corrected chi connectivity index (χ2v) is 8.40. The van der Waals surface area contributed by atoms with Crippen molar-refractivity contribution in [2.75, 3.05) is 16.0 Å². The molecule has 6 nitrogen and oxygen atoms in total. The number of aryl methyl sites for hydroxylation is 2. The van der Waals surface area contributed by atoms with E-state index in [1.165, 1.54) is 5.56 Å². The standard InChI is InChI=1S/C29H25N5O/c1-19-7-11-24(12-8-19)32-27-18-28(31-20(2)30-27)33-25-13-15-26(16-14-25)34-29(35)23-10-9-21-5-3-4-6-22(21)17-23/h3-18H,1-2H3,(H,34,35)(H2,30,31,32,33). The Bertz CT molecular complexity index is 1490. The number of amides is 1. The molecule has 0 saturated heterocycles. The minimum atomic E-state index is -0.144. The van der Waals surface area contributed by atoms with Gasteiger partial charge in [0.1, 0.15) is 17.5 Å². The average molecular weight is 460 g/mol. The summed E-state index contributed by atoms with van der Waals surface area (Å²) in [6.45, 7) is 3.91. The maximum Gasteiger partial charge on any atom is 0.255 e. The van der Waals surface area contributed by atoms with Gasteiger partial charge in [-0.15, -0.1) is 0 Å². The molecule has 6 heteroatoms. The zero-order valence-electron chi connectivity index (χ0n) is 19.5. The number of anilines is 5. The molecule has 1 aromatic heterocycles. The van der Waals surface area contributed by atoms with Crippen LogP contribution in [-0.2, 0) is 0 Å². The average Bonchev–Trinajstić information content (AvgIpc) is 2.86. The van der Waals surface area contributed by atoms with E-state index in [9.17, 15) is 4.79 Å². The molecule has 0 saturated carbocycles. The van der Waals surface area contributed by atoms with Gasteiger partial charge in [0.2, 0.25) is 0 Å². The topological polar surface area (TPSA) is 78.9 Å². The van der Waals surface area contributed by atoms with Crippen LogP contribution in [0.15, 0.2) is 97.1 Å². The normalized spacial score (nSPS) is 10.7. The fraction of sp³-hybridized carbons (Fsp3) is 0.0690. The molecule has 0 atom stereocenters. The zero-order chi connectivity index (χ0) is 24.2. The summed E-state index contributed by atoms with van der Waals surface area (Å²) in [6.07, 6.45) is 0. The van der Waals surface area contributed by atoms with Crippen molar-refractivity contribution in [1.29, 1.82) is 0 Å². The highest BCUT2D eigenvalue weighted by molar-refractivity contribution is 6.06. The van der Waals surface area contributed by atoms with Gasteiger partial charge in [-0.1, -0.05) is 48.0 Å². The number of benzene rings is 4. The van der Waals surface area contributed by atoms with Crippen molar-refractivity contribution < 1.29 is 4.79 Å². The van der Waals surface area contributed by atoms with Crippen LogP contribution in [0.1, 0.15) is 21.7 Å². The molecule has 5 rings (SSSR count). The van der Waals surface area contributed by atoms with Crippen LogP contribution in [0.4, 0.5) is 28.7 Å². The van der Waals surface area contributed by atoms with Crippen molar-refractivity contribution in [3.63, 3.8) is 0 Å². The first-order valence-electron chi connectivity index (χ1n) is 11.4. The van der Waals surface area contributed by atoms with Crippen molar-refractivity contribution >= 4 is 45.4 Å². The van der Waals surface area contributed by atoms with Gasteiger partial charge in [0.15, 0.2) is 0 Å². The number of nitrogens with one attached hydrogen (secondary N) is 3. The van der Waals surface area contributed by atoms with Gasteiger partial charge in [-0.25, -0.2) is 9.97 Å². The lowest BCUT2D eigenvalue weighted by Gasteiger charge is -2.11. The van der Waals surface area contributed by atoms with E-state index < -0.39 is 0 Å². The van der Waals surface area contributed by atoms with Crippen molar-refractivity contribution in [3.8, 4) is 0 Å². The summed E-state index contributed by atoms with van der Waals surface area (Å²) >= 11 is 0. The van der Waals surface area contributed by atoms with Crippen molar-refractivity contribution in [2.45, 2.75) is 13.8 Å². The SMILES string of the molecule is Cc1ccc(Nc2cc(Nc3ccc(NC(=O)c4ccc5ccccc5c4)cc3)nc(C)n2)cc1. The van der Waals surface area contributed by atoms with E-state index >= 15 is 0 Å². The number of hydrogen-bond donors (Lipinski definition) is 3. The highest BCUT2D eigenvalue weighted by Gasteiger charge is 2.08. The number of aromatic nitrogens is 2. The fourth-order valence-electron chi connectivity index (χ4n) is 3.80. The Morgan fingerprint density at radius 3 is 1.86 bits per heavy atom. The highest BCUT2D eigenvalue weighted by atomic mass is 16.1. The molecule has 0 fully saturated rings. The van der Waals surface area contributed by atoms with E-state index in [0.29, 0.717) is 28.7 Å². The summed E-state index contributed by atoms with van der Waals surface area (Å²) in [7, 11) is 0. The third kappa shape index (κ3) is 5.45. The molecular formula is C29H25N5O. The third-order valence-corrected chi connectivity index (χ3v) is 5.59. The van der Waals surface area contributed by atoms with Gasteiger partial charge in [-0.05, 0) is 73.2 Å². The molecule has 0 spiro atoms. The van der Waals surface area contributed by atoms with E-state index in [1.54, 1.807) is 0 Å². The smallest absolute Gasteiger partial charge is 0.255 e. The molecule has 0 aliphatic carbocycles. The lowest BCUT2D eigenvalue weighted by Crippen LogP contribution is -2.11. The first kappa shape index (κ1) is 22.1. The molecule has 4 aromatic carbocycles. The first-order chi connectivity index (χ1) is 17.0. The van der Waals surface area contributed by atoms with Crippen molar-refractivity contribution in [1.82, 2.24) is 9.97 Å². The molecule has 35 heavy (non-hydrogen) atoms. The number of carbonyl (C=O) groups excluding carboxylic acids is 1. The molecule has 0 aliphatic heterocycles. The maximum atomic E-state index is 12.7. The van der Waals surface area contributed by atoms with Crippen molar-refractivity contribution in [3.05, 3.63) is 114 Å². The second-order valence-electron chi connectivity index (χ2n) is 8.40. The minimum absolute atomic E-state index is 0.144. The molecule has 0 bridgehead atoms. The van der Waals surface area contributed by atoms with E-state index in [2.05, 4.69) is 45.0 Å². The highest BCUT2D eigenvalue weighted by Crippen LogP contribution is 2.23. The van der Waals surface area contributed by atoms with Gasteiger partial charge < -0.3 is 16.0 Å². The van der Waals surface area contributed by atoms with Gasteiger partial charge in [0.05, 0.1) is 0 Å². The van der Waals surface area contributed by atoms with Crippen LogP contribution in [0, 0.1) is 13.8 Å². The predicted octanol–water partition coefficient (Wildman–Crippen LogP) is 6.99. The molecule has 0 radical (unpaired) electrons. The van der Waals surface area contributed by atoms with Gasteiger partial charge >= 0.3 is 0 Å². The van der Waals surface area contributed by atoms with Crippen LogP contribution in [0.3, 0.4) is 0 Å². The van der Waals surface area contributed by atoms with Crippen LogP contribution >= 0.6 is 0 Å². The molecule has 0 unspecified atom stereocenters. The van der Waals surface area contributed by atoms with E-state index in [4.69, 9.17) is 0 Å². The van der Waals surface area contributed by atoms with Gasteiger partial charge in [-0.3, -0.25) is 4.79 Å². The summed E-state index contributed by atoms with van der Waals surface area (Å²) in [6, 6.07) is 31.2. The number of nitrogens with zero attached hydrogens (tertiary/aromatic N) is 2. The molecule has 172 valence electrons. The van der Waals surface area contributed by atoms with Crippen LogP contribution in [0.5, 0.6) is 0 Å². The lowest BCUT2D eigenvalue weighted by atomic mass is 10.1. The molecule has 3 N–H and O–H groups in total. The van der Waals surface area contributed by atoms with Crippen LogP contribution in [-0.4, -0.2) is 15.9 Å². The fourth-order valence-corrected chi connectivity index (χ4v) is 3.80. The molecule has 1 amide bonds. The Kier molecular flexibility index (Phi) is 6.09. The quantitative estimate of drug-likeness (QED) is 0.255. The summed E-state index contributed by atoms with van der Waals surface area (Å²) in [5.41, 5.74) is 4.36. The Hall–Kier alpha value is -4.71. The Morgan fingerprint density at radius 2 is 1.20 bits per heavy atom. The van der Waals surface area contributed by atoms with Crippen LogP contribution < -0.4 is 16.0 Å². The molecule has 0 aliphatic rings. The van der Waals surface area contributed by atoms with Crippen molar-refractivity contribution in [2.24, 2.45) is 0 Å². The third-order valence-electron chi connectivity index (χ3n) is 5.59. The second kappa shape index (κ2) is 9.65. The predicted molar refractivity (Wildman–Crippen MR) is 143 cm³/mol. The number of hydrogen-bond acceptors (Lipinski definition) is 5. The largest absolute Gasteiger partial charge is 0.340 e. The summed E-state index contributed by atoms with van der Waals surface area (Å²) < 4.78 is 0. The van der Waals surface area contributed by atoms with Crippen LogP contribution in [0.2, 0.25) is 0 Å². The maximum absolute atomic E-state index is 12.7. The Labute approximate surface area is 204 Å². The van der Waals surface area contributed by atoms with Gasteiger partial charge in [0.25, 0.3) is 5.91 Å². The Morgan fingerprint density at radius 1 is 0.629 bits per heavy atom. The number of carbonyl (C=O) groups is 1. The molecule has 5 aromatic rings. The summed E-state index contributed by atoms with van der Waals surface area (Å²) in [5.74, 6) is 1.90. The van der Waals surface area contributed by atoms with E-state index in [0.717, 1.165) is 22.1 Å². The minimum Gasteiger partial charge on any atom is -0.340 e. The lowest BCUT2D eigenvalue weighted by molar-refractivity contribution is 0.102. The number of rotatable bonds is 6. The summed E-state index contributed by atoms with van der Waals surface area (Å²) in [5, 5.41) is 11.7. The monoisotopic (exact) mass is 459 g/mol. The van der Waals surface area contributed by atoms with E-state index in [1.807, 2.05) is 91.9 Å². The Balaban J connectivity index is 1.26. The van der Waals surface area contributed by atoms with Gasteiger partial charge in [0, 0.05) is 28.7 Å². The summed E-state index contributed by atoms with van der Waals surface area (Å²) in [4.78, 5) is 21.7.